The van der Waals surface area contributed by atoms with E-state index in [4.69, 9.17) is 9.26 Å². The minimum atomic E-state index is 0.0785. The van der Waals surface area contributed by atoms with Crippen LogP contribution in [0.5, 0.6) is 5.75 Å². The number of urea groups is 1. The van der Waals surface area contributed by atoms with Crippen LogP contribution in [0.3, 0.4) is 0 Å². The molecule has 7 heteroatoms. The average Bonchev–Trinajstić information content (AvgIpc) is 3.25. The third kappa shape index (κ3) is 4.29. The van der Waals surface area contributed by atoms with Crippen molar-refractivity contribution in [3.05, 3.63) is 30.2 Å². The van der Waals surface area contributed by atoms with Crippen LogP contribution in [-0.4, -0.2) is 47.3 Å². The molecule has 1 aromatic carbocycles. The van der Waals surface area contributed by atoms with Crippen LogP contribution in [0.1, 0.15) is 56.8 Å². The summed E-state index contributed by atoms with van der Waals surface area (Å²) in [7, 11) is 1.64. The Labute approximate surface area is 165 Å². The van der Waals surface area contributed by atoms with Gasteiger partial charge in [-0.1, -0.05) is 24.4 Å². The molecule has 1 saturated heterocycles. The molecule has 1 aliphatic heterocycles. The van der Waals surface area contributed by atoms with Gasteiger partial charge in [-0.3, -0.25) is 0 Å². The summed E-state index contributed by atoms with van der Waals surface area (Å²) in [6.07, 6.45) is 7.66. The Balaban J connectivity index is 1.31. The molecule has 28 heavy (non-hydrogen) atoms. The molecule has 1 aliphatic carbocycles. The smallest absolute Gasteiger partial charge is 0.317 e. The Bertz CT molecular complexity index is 775. The summed E-state index contributed by atoms with van der Waals surface area (Å²) in [5.41, 5.74) is 0.903. The molecule has 0 atom stereocenters. The number of carbonyl (C=O) groups is 1. The predicted octanol–water partition coefficient (Wildman–Crippen LogP) is 3.97. The molecule has 0 radical (unpaired) electrons. The van der Waals surface area contributed by atoms with Gasteiger partial charge >= 0.3 is 6.03 Å². The van der Waals surface area contributed by atoms with E-state index in [1.54, 1.807) is 7.11 Å². The molecule has 150 valence electrons. The van der Waals surface area contributed by atoms with Crippen LogP contribution < -0.4 is 10.1 Å². The molecule has 4 rings (SSSR count). The van der Waals surface area contributed by atoms with E-state index in [0.29, 0.717) is 17.8 Å². The van der Waals surface area contributed by atoms with Gasteiger partial charge in [0.2, 0.25) is 11.7 Å². The molecule has 0 spiro atoms. The quantitative estimate of drug-likeness (QED) is 0.863. The van der Waals surface area contributed by atoms with Crippen LogP contribution in [0.15, 0.2) is 28.8 Å². The first kappa shape index (κ1) is 18.8. The number of likely N-dealkylation sites (tertiary alicyclic amines) is 1. The zero-order chi connectivity index (χ0) is 19.3. The number of carbonyl (C=O) groups excluding carboxylic acids is 1. The minimum absolute atomic E-state index is 0.0785. The molecule has 2 aromatic rings. The van der Waals surface area contributed by atoms with E-state index in [0.717, 1.165) is 50.1 Å². The fraction of sp³-hybridized carbons (Fsp3) is 0.571. The number of hydrogen-bond acceptors (Lipinski definition) is 5. The number of benzene rings is 1. The second-order valence-electron chi connectivity index (χ2n) is 7.73. The SMILES string of the molecule is COc1ccc(-c2noc(C3CCN(C(=O)NC4CCCCC4)CC3)n2)cc1. The fourth-order valence-electron chi connectivity index (χ4n) is 4.10. The Morgan fingerprint density at radius 1 is 1.11 bits per heavy atom. The van der Waals surface area contributed by atoms with Crippen LogP contribution in [0, 0.1) is 0 Å². The zero-order valence-corrected chi connectivity index (χ0v) is 16.4. The summed E-state index contributed by atoms with van der Waals surface area (Å²) in [6, 6.07) is 8.04. The van der Waals surface area contributed by atoms with Crippen LogP contribution in [0.4, 0.5) is 4.79 Å². The van der Waals surface area contributed by atoms with Gasteiger partial charge in [0.1, 0.15) is 5.75 Å². The molecule has 7 nitrogen and oxygen atoms in total. The Morgan fingerprint density at radius 3 is 2.50 bits per heavy atom. The molecule has 2 amide bonds. The maximum absolute atomic E-state index is 12.5. The fourth-order valence-corrected chi connectivity index (χ4v) is 4.10. The van der Waals surface area contributed by atoms with Gasteiger partial charge < -0.3 is 19.5 Å². The standard InChI is InChI=1S/C21H28N4O3/c1-27-18-9-7-15(8-10-18)19-23-20(28-24-19)16-11-13-25(14-12-16)21(26)22-17-5-3-2-4-6-17/h7-10,16-17H,2-6,11-14H2,1H3,(H,22,26). The molecule has 2 fully saturated rings. The first-order chi connectivity index (χ1) is 13.7. The lowest BCUT2D eigenvalue weighted by Gasteiger charge is -2.32. The van der Waals surface area contributed by atoms with Gasteiger partial charge in [0.05, 0.1) is 7.11 Å². The summed E-state index contributed by atoms with van der Waals surface area (Å²) < 4.78 is 10.7. The first-order valence-electron chi connectivity index (χ1n) is 10.3. The number of ether oxygens (including phenoxy) is 1. The number of aromatic nitrogens is 2. The van der Waals surface area contributed by atoms with Crippen molar-refractivity contribution in [1.29, 1.82) is 0 Å². The average molecular weight is 384 g/mol. The molecule has 2 heterocycles. The zero-order valence-electron chi connectivity index (χ0n) is 16.4. The number of amides is 2. The highest BCUT2D eigenvalue weighted by molar-refractivity contribution is 5.74. The van der Waals surface area contributed by atoms with Crippen molar-refractivity contribution in [2.45, 2.75) is 56.9 Å². The van der Waals surface area contributed by atoms with Gasteiger partial charge in [-0.2, -0.15) is 4.98 Å². The molecule has 0 unspecified atom stereocenters. The largest absolute Gasteiger partial charge is 0.497 e. The second kappa shape index (κ2) is 8.63. The topological polar surface area (TPSA) is 80.5 Å². The molecular weight excluding hydrogens is 356 g/mol. The summed E-state index contributed by atoms with van der Waals surface area (Å²) >= 11 is 0. The molecule has 2 aliphatic rings. The number of hydrogen-bond donors (Lipinski definition) is 1. The van der Waals surface area contributed by atoms with Gasteiger partial charge in [-0.05, 0) is 49.9 Å². The summed E-state index contributed by atoms with van der Waals surface area (Å²) in [5, 5.41) is 7.33. The number of nitrogens with zero attached hydrogens (tertiary/aromatic N) is 3. The van der Waals surface area contributed by atoms with E-state index in [1.165, 1.54) is 19.3 Å². The summed E-state index contributed by atoms with van der Waals surface area (Å²) in [6.45, 7) is 1.45. The van der Waals surface area contributed by atoms with Crippen molar-refractivity contribution in [1.82, 2.24) is 20.4 Å². The Hall–Kier alpha value is -2.57. The summed E-state index contributed by atoms with van der Waals surface area (Å²) in [4.78, 5) is 19.0. The normalized spacial score (nSPS) is 18.8. The first-order valence-corrected chi connectivity index (χ1v) is 10.3. The van der Waals surface area contributed by atoms with E-state index in [9.17, 15) is 4.79 Å². The molecular formula is C21H28N4O3. The number of piperidine rings is 1. The van der Waals surface area contributed by atoms with E-state index in [-0.39, 0.29) is 11.9 Å². The number of rotatable bonds is 4. The van der Waals surface area contributed by atoms with Gasteiger partial charge in [0.25, 0.3) is 0 Å². The van der Waals surface area contributed by atoms with Crippen molar-refractivity contribution < 1.29 is 14.1 Å². The van der Waals surface area contributed by atoms with Crippen LogP contribution >= 0.6 is 0 Å². The van der Waals surface area contributed by atoms with E-state index in [2.05, 4.69) is 15.5 Å². The summed E-state index contributed by atoms with van der Waals surface area (Å²) in [5.74, 6) is 2.26. The predicted molar refractivity (Wildman–Crippen MR) is 105 cm³/mol. The van der Waals surface area contributed by atoms with E-state index in [1.807, 2.05) is 29.2 Å². The lowest BCUT2D eigenvalue weighted by molar-refractivity contribution is 0.169. The molecule has 1 N–H and O–H groups in total. The van der Waals surface area contributed by atoms with E-state index < -0.39 is 0 Å². The molecule has 0 bridgehead atoms. The van der Waals surface area contributed by atoms with Crippen molar-refractivity contribution in [2.75, 3.05) is 20.2 Å². The highest BCUT2D eigenvalue weighted by atomic mass is 16.5. The van der Waals surface area contributed by atoms with Crippen molar-refractivity contribution >= 4 is 6.03 Å². The third-order valence-corrected chi connectivity index (χ3v) is 5.85. The number of nitrogens with one attached hydrogen (secondary N) is 1. The van der Waals surface area contributed by atoms with Crippen molar-refractivity contribution in [3.8, 4) is 17.1 Å². The van der Waals surface area contributed by atoms with Gasteiger partial charge in [0, 0.05) is 30.6 Å². The highest BCUT2D eigenvalue weighted by Crippen LogP contribution is 2.29. The maximum atomic E-state index is 12.5. The Kier molecular flexibility index (Phi) is 5.78. The molecule has 1 aromatic heterocycles. The Morgan fingerprint density at radius 2 is 1.82 bits per heavy atom. The highest BCUT2D eigenvalue weighted by Gasteiger charge is 2.28. The lowest BCUT2D eigenvalue weighted by Crippen LogP contribution is -2.48. The molecule has 1 saturated carbocycles. The van der Waals surface area contributed by atoms with Gasteiger partial charge in [-0.15, -0.1) is 0 Å². The lowest BCUT2D eigenvalue weighted by atomic mass is 9.95. The number of methoxy groups -OCH3 is 1. The van der Waals surface area contributed by atoms with Crippen LogP contribution in [0.2, 0.25) is 0 Å². The van der Waals surface area contributed by atoms with Crippen LogP contribution in [-0.2, 0) is 0 Å². The second-order valence-corrected chi connectivity index (χ2v) is 7.73. The maximum Gasteiger partial charge on any atom is 0.317 e. The van der Waals surface area contributed by atoms with Gasteiger partial charge in [0.15, 0.2) is 0 Å². The monoisotopic (exact) mass is 384 g/mol. The third-order valence-electron chi connectivity index (χ3n) is 5.85. The van der Waals surface area contributed by atoms with Crippen molar-refractivity contribution in [2.24, 2.45) is 0 Å². The van der Waals surface area contributed by atoms with Gasteiger partial charge in [-0.25, -0.2) is 4.79 Å². The van der Waals surface area contributed by atoms with Crippen LogP contribution in [0.25, 0.3) is 11.4 Å². The van der Waals surface area contributed by atoms with E-state index >= 15 is 0 Å². The minimum Gasteiger partial charge on any atom is -0.497 e. The van der Waals surface area contributed by atoms with Crippen molar-refractivity contribution in [3.63, 3.8) is 0 Å².